The standard InChI is InChI=1S/C46H29N3O.2C40H25N3O/c1-3-13-30(14-4-1)31-15-11-16-32(27-31)39-29-40(48-46(47-39)33-25-26-36-35-19-8-10-24-43(35)50-44(36)28-33)37-21-12-23-42-45(37)38-20-7-9-22-41(38)49(42)34-17-5-2-6-18-34;1-3-12-26(13-4-1)33-25-34(42-40(41-33)31-18-11-21-38-39(31)30-17-8-10-20-37(30)44-38)27-22-23-36-32(24-27)29-16-7-9-19-35(29)43(36)28-14-5-2-6-15-28;1-3-11-26(12-4-1)34-25-35(42-40(41-34)28-20-22-39-33(23-28)32-16-8-10-18-38(32)44-39)27-19-21-31-30-15-7-9-17-36(30)43(37(31)24-27)29-13-5-2-6-14-29/h1-29H;2*1-25H. The molecule has 9 heterocycles. The average molecular weight is 1770 g/mol. The second-order valence-electron chi connectivity index (χ2n) is 34.7. The molecule has 0 bridgehead atoms. The van der Waals surface area contributed by atoms with Crippen LogP contribution >= 0.6 is 0 Å². The highest BCUT2D eigenvalue weighted by atomic mass is 16.3. The largest absolute Gasteiger partial charge is 0.456 e. The van der Waals surface area contributed by atoms with Crippen molar-refractivity contribution in [1.82, 2.24) is 43.6 Å². The third-order valence-corrected chi connectivity index (χ3v) is 26.5. The van der Waals surface area contributed by atoms with Gasteiger partial charge >= 0.3 is 0 Å². The van der Waals surface area contributed by atoms with E-state index in [4.69, 9.17) is 43.2 Å². The van der Waals surface area contributed by atoms with Crippen molar-refractivity contribution in [2.45, 2.75) is 0 Å². The van der Waals surface area contributed by atoms with Crippen molar-refractivity contribution in [2.75, 3.05) is 0 Å². The van der Waals surface area contributed by atoms with Crippen LogP contribution in [0.2, 0.25) is 0 Å². The molecule has 138 heavy (non-hydrogen) atoms. The zero-order chi connectivity index (χ0) is 91.1. The summed E-state index contributed by atoms with van der Waals surface area (Å²) >= 11 is 0. The Morgan fingerprint density at radius 1 is 0.145 bits per heavy atom. The Labute approximate surface area is 791 Å². The highest BCUT2D eigenvalue weighted by Gasteiger charge is 2.25. The molecule has 28 aromatic rings. The van der Waals surface area contributed by atoms with Crippen LogP contribution < -0.4 is 0 Å². The first-order valence-electron chi connectivity index (χ1n) is 46.3. The van der Waals surface area contributed by atoms with Crippen LogP contribution in [-0.2, 0) is 0 Å². The van der Waals surface area contributed by atoms with Crippen LogP contribution in [0.25, 0.3) is 261 Å². The smallest absolute Gasteiger partial charge is 0.161 e. The fourth-order valence-electron chi connectivity index (χ4n) is 20.1. The lowest BCUT2D eigenvalue weighted by molar-refractivity contribution is 0.668. The molecule has 28 rings (SSSR count). The summed E-state index contributed by atoms with van der Waals surface area (Å²) in [5.74, 6) is 2.00. The summed E-state index contributed by atoms with van der Waals surface area (Å²) < 4.78 is 25.6. The molecule has 12 nitrogen and oxygen atoms in total. The normalized spacial score (nSPS) is 11.6. The minimum atomic E-state index is 0.647. The minimum Gasteiger partial charge on any atom is -0.456 e. The number of para-hydroxylation sites is 9. The van der Waals surface area contributed by atoms with Gasteiger partial charge in [-0.1, -0.05) is 322 Å². The molecule has 0 spiro atoms. The molecular weight excluding hydrogens is 1690 g/mol. The van der Waals surface area contributed by atoms with E-state index in [1.54, 1.807) is 0 Å². The molecule has 0 saturated heterocycles. The van der Waals surface area contributed by atoms with Gasteiger partial charge in [0, 0.05) is 132 Å². The number of hydrogen-bond acceptors (Lipinski definition) is 9. The molecule has 0 saturated carbocycles. The molecule has 0 N–H and O–H groups in total. The van der Waals surface area contributed by atoms with Gasteiger partial charge in [-0.15, -0.1) is 0 Å². The van der Waals surface area contributed by atoms with Crippen molar-refractivity contribution < 1.29 is 13.3 Å². The van der Waals surface area contributed by atoms with Crippen LogP contribution in [0.4, 0.5) is 0 Å². The van der Waals surface area contributed by atoms with Gasteiger partial charge in [-0.3, -0.25) is 0 Å². The van der Waals surface area contributed by atoms with E-state index >= 15 is 0 Å². The van der Waals surface area contributed by atoms with Crippen LogP contribution in [0.3, 0.4) is 0 Å². The summed E-state index contributed by atoms with van der Waals surface area (Å²) in [6.07, 6.45) is 0. The second kappa shape index (κ2) is 33.8. The first kappa shape index (κ1) is 80.1. The van der Waals surface area contributed by atoms with Crippen molar-refractivity contribution in [1.29, 1.82) is 0 Å². The highest BCUT2D eigenvalue weighted by molar-refractivity contribution is 6.17. The monoisotopic (exact) mass is 1770 g/mol. The number of aromatic nitrogens is 9. The Balaban J connectivity index is 0.000000107. The summed E-state index contributed by atoms with van der Waals surface area (Å²) in [6, 6.07) is 166. The first-order valence-corrected chi connectivity index (χ1v) is 46.3. The van der Waals surface area contributed by atoms with Crippen molar-refractivity contribution in [2.24, 2.45) is 0 Å². The molecule has 0 fully saturated rings. The maximum Gasteiger partial charge on any atom is 0.161 e. The van der Waals surface area contributed by atoms with Gasteiger partial charge in [-0.25, -0.2) is 29.9 Å². The average Bonchev–Trinajstić information content (AvgIpc) is 1.59. The lowest BCUT2D eigenvalue weighted by Gasteiger charge is -2.12. The van der Waals surface area contributed by atoms with E-state index in [1.807, 2.05) is 115 Å². The number of rotatable bonds is 13. The van der Waals surface area contributed by atoms with Crippen molar-refractivity contribution >= 4 is 131 Å². The summed E-state index contributed by atoms with van der Waals surface area (Å²) in [5.41, 5.74) is 32.0. The van der Waals surface area contributed by atoms with Gasteiger partial charge in [0.1, 0.15) is 33.5 Å². The maximum absolute atomic E-state index is 6.30. The van der Waals surface area contributed by atoms with Crippen LogP contribution in [-0.4, -0.2) is 43.6 Å². The van der Waals surface area contributed by atoms with E-state index in [1.165, 1.54) is 38.0 Å². The number of furan rings is 3. The molecule has 12 heteroatoms. The van der Waals surface area contributed by atoms with E-state index in [-0.39, 0.29) is 0 Å². The summed E-state index contributed by atoms with van der Waals surface area (Å²) in [4.78, 5) is 31.2. The predicted molar refractivity (Wildman–Crippen MR) is 565 cm³/mol. The Morgan fingerprint density at radius 2 is 0.486 bits per heavy atom. The fraction of sp³-hybridized carbons (Fsp3) is 0. The quantitative estimate of drug-likeness (QED) is 0.111. The van der Waals surface area contributed by atoms with Gasteiger partial charge in [0.05, 0.1) is 67.3 Å². The van der Waals surface area contributed by atoms with Gasteiger partial charge in [0.2, 0.25) is 0 Å². The van der Waals surface area contributed by atoms with Gasteiger partial charge in [-0.05, 0) is 169 Å². The van der Waals surface area contributed by atoms with E-state index in [0.29, 0.717) is 17.5 Å². The molecule has 0 aliphatic carbocycles. The zero-order valence-electron chi connectivity index (χ0n) is 74.4. The lowest BCUT2D eigenvalue weighted by Crippen LogP contribution is -1.97. The van der Waals surface area contributed by atoms with E-state index in [0.717, 1.165) is 206 Å². The second-order valence-corrected chi connectivity index (χ2v) is 34.7. The van der Waals surface area contributed by atoms with Gasteiger partial charge in [-0.2, -0.15) is 0 Å². The molecule has 0 aliphatic rings. The van der Waals surface area contributed by atoms with Gasteiger partial charge < -0.3 is 27.0 Å². The lowest BCUT2D eigenvalue weighted by atomic mass is 9.99. The summed E-state index contributed by atoms with van der Waals surface area (Å²) in [5, 5.41) is 13.6. The SMILES string of the molecule is c1ccc(-c2cc(-c3ccc4c(c3)c3ccccc3n4-c3ccccc3)nc(-c3cccc4oc5ccccc5c34)n2)cc1.c1ccc(-c2cc(-c3ccc4c5ccccc5n(-c5ccccc5)c4c3)nc(-c3ccc4oc5ccccc5c4c3)n2)cc1.c1ccc(-c2cccc(-c3cc(-c4cccc5c4c4ccccc4n5-c4ccccc4)nc(-c4ccc5c(c4)oc4ccccc45)n3)c2)cc1. The molecule has 9 aromatic heterocycles. The molecule has 19 aromatic carbocycles. The van der Waals surface area contributed by atoms with Crippen LogP contribution in [0.5, 0.6) is 0 Å². The first-order chi connectivity index (χ1) is 68.4. The zero-order valence-corrected chi connectivity index (χ0v) is 74.4. The van der Waals surface area contributed by atoms with Crippen molar-refractivity contribution in [3.8, 4) is 130 Å². The minimum absolute atomic E-state index is 0.647. The molecule has 0 atom stereocenters. The topological polar surface area (TPSA) is 132 Å². The number of nitrogens with zero attached hydrogens (tertiary/aromatic N) is 9. The number of benzene rings is 19. The predicted octanol–water partition coefficient (Wildman–Crippen LogP) is 33.1. The number of hydrogen-bond donors (Lipinski definition) is 0. The third-order valence-electron chi connectivity index (χ3n) is 26.5. The number of fused-ring (bicyclic) bond motifs is 18. The van der Waals surface area contributed by atoms with Gasteiger partial charge in [0.25, 0.3) is 0 Å². The molecule has 0 amide bonds. The van der Waals surface area contributed by atoms with Crippen LogP contribution in [0, 0.1) is 0 Å². The molecule has 0 radical (unpaired) electrons. The van der Waals surface area contributed by atoms with E-state index in [9.17, 15) is 0 Å². The molecule has 0 unspecified atom stereocenters. The summed E-state index contributed by atoms with van der Waals surface area (Å²) in [6.45, 7) is 0. The van der Waals surface area contributed by atoms with Crippen molar-refractivity contribution in [3.05, 3.63) is 479 Å². The Kier molecular flexibility index (Phi) is 19.6. The molecule has 0 aliphatic heterocycles. The summed E-state index contributed by atoms with van der Waals surface area (Å²) in [7, 11) is 0. The fourth-order valence-corrected chi connectivity index (χ4v) is 20.1. The molecule has 646 valence electrons. The third kappa shape index (κ3) is 14.3. The molecular formula is C126H79N9O3. The maximum atomic E-state index is 6.30. The van der Waals surface area contributed by atoms with E-state index in [2.05, 4.69) is 378 Å². The highest BCUT2D eigenvalue weighted by Crippen LogP contribution is 2.46. The van der Waals surface area contributed by atoms with E-state index < -0.39 is 0 Å². The van der Waals surface area contributed by atoms with Crippen LogP contribution in [0.1, 0.15) is 0 Å². The Bertz CT molecular complexity index is 9600. The van der Waals surface area contributed by atoms with Crippen molar-refractivity contribution in [3.63, 3.8) is 0 Å². The Hall–Kier alpha value is -18.8. The van der Waals surface area contributed by atoms with Gasteiger partial charge in [0.15, 0.2) is 17.5 Å². The van der Waals surface area contributed by atoms with Crippen LogP contribution in [0.15, 0.2) is 492 Å². The Morgan fingerprint density at radius 3 is 1.11 bits per heavy atom.